The molecule has 5 heteroatoms. The lowest BCUT2D eigenvalue weighted by molar-refractivity contribution is -0.137. The van der Waals surface area contributed by atoms with Crippen LogP contribution in [0.15, 0.2) is 78.5 Å². The van der Waals surface area contributed by atoms with Gasteiger partial charge in [-0.05, 0) is 61.2 Å². The van der Waals surface area contributed by atoms with Crippen molar-refractivity contribution in [3.8, 4) is 0 Å². The summed E-state index contributed by atoms with van der Waals surface area (Å²) >= 11 is 6.34. The van der Waals surface area contributed by atoms with Crippen LogP contribution >= 0.6 is 11.6 Å². The van der Waals surface area contributed by atoms with Crippen molar-refractivity contribution in [2.75, 3.05) is 11.4 Å². The van der Waals surface area contributed by atoms with E-state index in [0.717, 1.165) is 27.9 Å². The molecule has 32 heavy (non-hydrogen) atoms. The molecule has 0 bridgehead atoms. The molecule has 1 aliphatic heterocycles. The van der Waals surface area contributed by atoms with Crippen LogP contribution in [-0.2, 0) is 16.1 Å². The van der Waals surface area contributed by atoms with Gasteiger partial charge in [0.05, 0.1) is 12.1 Å². The predicted octanol–water partition coefficient (Wildman–Crippen LogP) is 5.76. The summed E-state index contributed by atoms with van der Waals surface area (Å²) in [6.07, 6.45) is 0. The largest absolute Gasteiger partial charge is 0.337 e. The zero-order valence-corrected chi connectivity index (χ0v) is 19.2. The molecule has 0 aliphatic carbocycles. The average Bonchev–Trinajstić information content (AvgIpc) is 3.03. The summed E-state index contributed by atoms with van der Waals surface area (Å²) in [7, 11) is 0. The van der Waals surface area contributed by atoms with E-state index in [1.165, 1.54) is 4.90 Å². The zero-order chi connectivity index (χ0) is 22.8. The maximum atomic E-state index is 13.7. The van der Waals surface area contributed by atoms with Gasteiger partial charge in [0.25, 0.3) is 11.8 Å². The van der Waals surface area contributed by atoms with Crippen molar-refractivity contribution in [1.82, 2.24) is 4.90 Å². The van der Waals surface area contributed by atoms with Crippen LogP contribution < -0.4 is 4.90 Å². The molecule has 0 unspecified atom stereocenters. The minimum atomic E-state index is -0.311. The first kappa shape index (κ1) is 21.8. The number of hydrogen-bond donors (Lipinski definition) is 0. The zero-order valence-electron chi connectivity index (χ0n) is 18.4. The second kappa shape index (κ2) is 9.01. The minimum absolute atomic E-state index is 0.127. The number of halogens is 1. The van der Waals surface area contributed by atoms with E-state index in [1.807, 2.05) is 92.4 Å². The van der Waals surface area contributed by atoms with Crippen molar-refractivity contribution < 1.29 is 9.59 Å². The first-order valence-corrected chi connectivity index (χ1v) is 11.0. The van der Waals surface area contributed by atoms with Gasteiger partial charge in [0.2, 0.25) is 0 Å². The minimum Gasteiger partial charge on any atom is -0.337 e. The number of aryl methyl sites for hydroxylation is 2. The molecule has 0 fully saturated rings. The first-order valence-electron chi connectivity index (χ1n) is 10.7. The van der Waals surface area contributed by atoms with Crippen LogP contribution in [0.1, 0.15) is 29.2 Å². The molecule has 0 radical (unpaired) electrons. The van der Waals surface area contributed by atoms with Gasteiger partial charge in [0, 0.05) is 17.3 Å². The molecule has 3 aromatic carbocycles. The number of para-hydroxylation sites is 1. The van der Waals surface area contributed by atoms with Gasteiger partial charge in [-0.25, -0.2) is 0 Å². The van der Waals surface area contributed by atoms with Crippen molar-refractivity contribution in [3.63, 3.8) is 0 Å². The van der Waals surface area contributed by atoms with Crippen LogP contribution in [-0.4, -0.2) is 23.3 Å². The van der Waals surface area contributed by atoms with Gasteiger partial charge < -0.3 is 4.90 Å². The Morgan fingerprint density at radius 2 is 1.53 bits per heavy atom. The second-order valence-corrected chi connectivity index (χ2v) is 8.30. The number of imide groups is 1. The number of anilines is 1. The number of carbonyl (C=O) groups is 2. The molecule has 4 rings (SSSR count). The molecule has 0 saturated carbocycles. The topological polar surface area (TPSA) is 40.6 Å². The molecule has 162 valence electrons. The molecule has 0 saturated heterocycles. The van der Waals surface area contributed by atoms with Crippen LogP contribution in [0.25, 0.3) is 5.57 Å². The van der Waals surface area contributed by atoms with Gasteiger partial charge in [-0.2, -0.15) is 0 Å². The molecule has 1 aliphatic rings. The van der Waals surface area contributed by atoms with Crippen LogP contribution in [0.4, 0.5) is 5.69 Å². The second-order valence-electron chi connectivity index (χ2n) is 7.89. The van der Waals surface area contributed by atoms with Crippen LogP contribution in [0.2, 0.25) is 5.02 Å². The predicted molar refractivity (Wildman–Crippen MR) is 129 cm³/mol. The fourth-order valence-corrected chi connectivity index (χ4v) is 4.18. The number of hydrogen-bond acceptors (Lipinski definition) is 3. The summed E-state index contributed by atoms with van der Waals surface area (Å²) in [4.78, 5) is 30.6. The maximum Gasteiger partial charge on any atom is 0.278 e. The summed E-state index contributed by atoms with van der Waals surface area (Å²) in [5, 5.41) is 0.532. The number of rotatable bonds is 6. The SMILES string of the molecule is CCN(C1=C(c2ccc(C)c(C)c2)C(=O)N(Cc2ccccc2Cl)C1=O)c1ccccc1. The number of benzene rings is 3. The van der Waals surface area contributed by atoms with E-state index in [9.17, 15) is 9.59 Å². The van der Waals surface area contributed by atoms with Crippen LogP contribution in [0.5, 0.6) is 0 Å². The Bertz CT molecular complexity index is 1220. The smallest absolute Gasteiger partial charge is 0.278 e. The Hall–Kier alpha value is -3.37. The van der Waals surface area contributed by atoms with E-state index in [-0.39, 0.29) is 18.4 Å². The van der Waals surface area contributed by atoms with Crippen molar-refractivity contribution in [1.29, 1.82) is 0 Å². The van der Waals surface area contributed by atoms with Gasteiger partial charge in [-0.1, -0.05) is 66.2 Å². The highest BCUT2D eigenvalue weighted by atomic mass is 35.5. The third kappa shape index (κ3) is 3.94. The lowest BCUT2D eigenvalue weighted by atomic mass is 9.99. The normalized spacial score (nSPS) is 13.8. The van der Waals surface area contributed by atoms with E-state index in [4.69, 9.17) is 11.6 Å². The summed E-state index contributed by atoms with van der Waals surface area (Å²) in [5.74, 6) is -0.614. The highest BCUT2D eigenvalue weighted by Gasteiger charge is 2.41. The molecule has 0 N–H and O–H groups in total. The van der Waals surface area contributed by atoms with E-state index >= 15 is 0 Å². The average molecular weight is 445 g/mol. The summed E-state index contributed by atoms with van der Waals surface area (Å²) in [6.45, 7) is 6.69. The van der Waals surface area contributed by atoms with Gasteiger partial charge >= 0.3 is 0 Å². The first-order chi connectivity index (χ1) is 15.4. The van der Waals surface area contributed by atoms with E-state index in [0.29, 0.717) is 22.8 Å². The highest BCUT2D eigenvalue weighted by Crippen LogP contribution is 2.36. The maximum absolute atomic E-state index is 13.7. The monoisotopic (exact) mass is 444 g/mol. The Morgan fingerprint density at radius 1 is 0.844 bits per heavy atom. The van der Waals surface area contributed by atoms with E-state index < -0.39 is 0 Å². The molecule has 0 aromatic heterocycles. The van der Waals surface area contributed by atoms with Crippen molar-refractivity contribution in [3.05, 3.63) is 106 Å². The third-order valence-electron chi connectivity index (χ3n) is 5.88. The van der Waals surface area contributed by atoms with E-state index in [2.05, 4.69) is 0 Å². The van der Waals surface area contributed by atoms with Crippen LogP contribution in [0, 0.1) is 13.8 Å². The van der Waals surface area contributed by atoms with Crippen molar-refractivity contribution in [2.45, 2.75) is 27.3 Å². The Kier molecular flexibility index (Phi) is 6.15. The molecular weight excluding hydrogens is 420 g/mol. The number of likely N-dealkylation sites (N-methyl/N-ethyl adjacent to an activating group) is 1. The highest BCUT2D eigenvalue weighted by molar-refractivity contribution is 6.37. The number of carbonyl (C=O) groups excluding carboxylic acids is 2. The molecule has 2 amide bonds. The summed E-state index contributed by atoms with van der Waals surface area (Å²) < 4.78 is 0. The Labute approximate surface area is 193 Å². The van der Waals surface area contributed by atoms with Crippen molar-refractivity contribution in [2.24, 2.45) is 0 Å². The molecular formula is C27H25ClN2O2. The van der Waals surface area contributed by atoms with Crippen molar-refractivity contribution >= 4 is 34.7 Å². The number of amides is 2. The lowest BCUT2D eigenvalue weighted by Gasteiger charge is -2.25. The third-order valence-corrected chi connectivity index (χ3v) is 6.25. The molecule has 3 aromatic rings. The summed E-state index contributed by atoms with van der Waals surface area (Å²) in [5.41, 5.74) is 5.39. The Balaban J connectivity index is 1.86. The molecule has 0 spiro atoms. The molecule has 4 nitrogen and oxygen atoms in total. The molecule has 1 heterocycles. The summed E-state index contributed by atoms with van der Waals surface area (Å²) in [6, 6.07) is 22.9. The quantitative estimate of drug-likeness (QED) is 0.453. The Morgan fingerprint density at radius 3 is 2.19 bits per heavy atom. The van der Waals surface area contributed by atoms with Gasteiger partial charge in [0.15, 0.2) is 0 Å². The van der Waals surface area contributed by atoms with Gasteiger partial charge in [-0.15, -0.1) is 0 Å². The van der Waals surface area contributed by atoms with E-state index in [1.54, 1.807) is 6.07 Å². The lowest BCUT2D eigenvalue weighted by Crippen LogP contribution is -2.35. The van der Waals surface area contributed by atoms with Gasteiger partial charge in [-0.3, -0.25) is 14.5 Å². The standard InChI is InChI=1S/C27H25ClN2O2/c1-4-29(22-11-6-5-7-12-22)25-24(20-15-14-18(2)19(3)16-20)26(31)30(27(25)32)17-21-10-8-9-13-23(21)28/h5-16H,4,17H2,1-3H3. The van der Waals surface area contributed by atoms with Crippen LogP contribution in [0.3, 0.4) is 0 Å². The number of nitrogens with zero attached hydrogens (tertiary/aromatic N) is 2. The fourth-order valence-electron chi connectivity index (χ4n) is 3.99. The van der Waals surface area contributed by atoms with Gasteiger partial charge in [0.1, 0.15) is 5.70 Å². The fraction of sp³-hybridized carbons (Fsp3) is 0.185. The molecule has 0 atom stereocenters.